The van der Waals surface area contributed by atoms with Gasteiger partial charge in [0.2, 0.25) is 0 Å². The highest BCUT2D eigenvalue weighted by Gasteiger charge is 2.17. The van der Waals surface area contributed by atoms with Gasteiger partial charge in [-0.3, -0.25) is 0 Å². The van der Waals surface area contributed by atoms with Crippen LogP contribution in [0.3, 0.4) is 0 Å². The molecule has 3 rings (SSSR count). The minimum atomic E-state index is 1.05. The highest BCUT2D eigenvalue weighted by Crippen LogP contribution is 2.28. The SMILES string of the molecule is CCN1CCCc2cc3ccccc3nc21. The predicted octanol–water partition coefficient (Wildman–Crippen LogP) is 3.01. The highest BCUT2D eigenvalue weighted by atomic mass is 15.2. The van der Waals surface area contributed by atoms with Crippen molar-refractivity contribution in [3.8, 4) is 0 Å². The van der Waals surface area contributed by atoms with Crippen molar-refractivity contribution >= 4 is 16.7 Å². The van der Waals surface area contributed by atoms with Crippen molar-refractivity contribution in [2.45, 2.75) is 19.8 Å². The van der Waals surface area contributed by atoms with Gasteiger partial charge in [-0.05, 0) is 37.5 Å². The standard InChI is InChI=1S/C14H16N2/c1-2-16-9-5-7-12-10-11-6-3-4-8-13(11)15-14(12)16/h3-4,6,8,10H,2,5,7,9H2,1H3. The van der Waals surface area contributed by atoms with Crippen molar-refractivity contribution in [2.24, 2.45) is 0 Å². The molecule has 1 aliphatic rings. The molecule has 0 radical (unpaired) electrons. The summed E-state index contributed by atoms with van der Waals surface area (Å²) in [6, 6.07) is 10.7. The maximum atomic E-state index is 4.79. The second-order valence-electron chi connectivity index (χ2n) is 4.35. The van der Waals surface area contributed by atoms with Crippen molar-refractivity contribution in [3.63, 3.8) is 0 Å². The largest absolute Gasteiger partial charge is 0.357 e. The van der Waals surface area contributed by atoms with E-state index in [-0.39, 0.29) is 0 Å². The fourth-order valence-corrected chi connectivity index (χ4v) is 2.48. The monoisotopic (exact) mass is 212 g/mol. The summed E-state index contributed by atoms with van der Waals surface area (Å²) in [7, 11) is 0. The van der Waals surface area contributed by atoms with Crippen LogP contribution in [-0.4, -0.2) is 18.1 Å². The number of pyridine rings is 1. The van der Waals surface area contributed by atoms with Crippen LogP contribution in [0.15, 0.2) is 30.3 Å². The van der Waals surface area contributed by atoms with E-state index < -0.39 is 0 Å². The van der Waals surface area contributed by atoms with Crippen molar-refractivity contribution in [1.82, 2.24) is 4.98 Å². The van der Waals surface area contributed by atoms with Gasteiger partial charge in [0, 0.05) is 18.5 Å². The van der Waals surface area contributed by atoms with Crippen LogP contribution in [0.5, 0.6) is 0 Å². The molecule has 0 atom stereocenters. The van der Waals surface area contributed by atoms with Crippen LogP contribution < -0.4 is 4.90 Å². The smallest absolute Gasteiger partial charge is 0.132 e. The molecule has 1 aromatic carbocycles. The van der Waals surface area contributed by atoms with Crippen LogP contribution in [0, 0.1) is 0 Å². The van der Waals surface area contributed by atoms with E-state index in [9.17, 15) is 0 Å². The second-order valence-corrected chi connectivity index (χ2v) is 4.35. The molecule has 2 heterocycles. The number of anilines is 1. The zero-order valence-corrected chi connectivity index (χ0v) is 9.61. The highest BCUT2D eigenvalue weighted by molar-refractivity contribution is 5.82. The van der Waals surface area contributed by atoms with Crippen LogP contribution in [0.2, 0.25) is 0 Å². The molecule has 2 nitrogen and oxygen atoms in total. The summed E-state index contributed by atoms with van der Waals surface area (Å²) in [4.78, 5) is 7.17. The average molecular weight is 212 g/mol. The molecule has 0 saturated carbocycles. The Morgan fingerprint density at radius 1 is 1.31 bits per heavy atom. The molecule has 0 unspecified atom stereocenters. The molecule has 0 N–H and O–H groups in total. The molecular formula is C14H16N2. The molecule has 0 amide bonds. The Morgan fingerprint density at radius 3 is 3.06 bits per heavy atom. The lowest BCUT2D eigenvalue weighted by atomic mass is 10.0. The van der Waals surface area contributed by atoms with E-state index in [1.807, 2.05) is 0 Å². The zero-order chi connectivity index (χ0) is 11.0. The first-order valence-electron chi connectivity index (χ1n) is 6.02. The molecule has 2 heteroatoms. The number of hydrogen-bond acceptors (Lipinski definition) is 2. The van der Waals surface area contributed by atoms with E-state index in [1.54, 1.807) is 0 Å². The third kappa shape index (κ3) is 1.45. The van der Waals surface area contributed by atoms with Crippen LogP contribution in [-0.2, 0) is 6.42 Å². The Balaban J connectivity index is 2.21. The minimum Gasteiger partial charge on any atom is -0.357 e. The molecule has 0 spiro atoms. The van der Waals surface area contributed by atoms with Gasteiger partial charge >= 0.3 is 0 Å². The van der Waals surface area contributed by atoms with Crippen molar-refractivity contribution in [3.05, 3.63) is 35.9 Å². The Kier molecular flexibility index (Phi) is 2.28. The molecule has 1 aliphatic heterocycles. The summed E-state index contributed by atoms with van der Waals surface area (Å²) in [5.41, 5.74) is 2.52. The van der Waals surface area contributed by atoms with Gasteiger partial charge in [0.25, 0.3) is 0 Å². The van der Waals surface area contributed by atoms with Gasteiger partial charge < -0.3 is 4.90 Å². The van der Waals surface area contributed by atoms with Crippen LogP contribution in [0.1, 0.15) is 18.9 Å². The molecule has 0 saturated heterocycles. The predicted molar refractivity (Wildman–Crippen MR) is 68.0 cm³/mol. The maximum Gasteiger partial charge on any atom is 0.132 e. The van der Waals surface area contributed by atoms with E-state index >= 15 is 0 Å². The van der Waals surface area contributed by atoms with Gasteiger partial charge in [0.15, 0.2) is 0 Å². The lowest BCUT2D eigenvalue weighted by Crippen LogP contribution is -2.29. The number of fused-ring (bicyclic) bond motifs is 2. The van der Waals surface area contributed by atoms with E-state index in [4.69, 9.17) is 4.98 Å². The van der Waals surface area contributed by atoms with Gasteiger partial charge in [0.1, 0.15) is 5.82 Å². The van der Waals surface area contributed by atoms with Gasteiger partial charge in [0.05, 0.1) is 5.52 Å². The van der Waals surface area contributed by atoms with Crippen molar-refractivity contribution < 1.29 is 0 Å². The van der Waals surface area contributed by atoms with Crippen molar-refractivity contribution in [2.75, 3.05) is 18.0 Å². The summed E-state index contributed by atoms with van der Waals surface area (Å²) < 4.78 is 0. The average Bonchev–Trinajstić information content (AvgIpc) is 2.35. The van der Waals surface area contributed by atoms with Crippen LogP contribution >= 0.6 is 0 Å². The Labute approximate surface area is 95.9 Å². The Bertz CT molecular complexity index is 519. The van der Waals surface area contributed by atoms with Crippen LogP contribution in [0.25, 0.3) is 10.9 Å². The number of aromatic nitrogens is 1. The first-order valence-corrected chi connectivity index (χ1v) is 6.02. The Morgan fingerprint density at radius 2 is 2.19 bits per heavy atom. The number of nitrogens with zero attached hydrogens (tertiary/aromatic N) is 2. The number of para-hydroxylation sites is 1. The first-order chi connectivity index (χ1) is 7.88. The molecular weight excluding hydrogens is 196 g/mol. The summed E-state index contributed by atoms with van der Waals surface area (Å²) in [6.45, 7) is 4.40. The molecule has 0 fully saturated rings. The molecule has 2 aromatic rings. The van der Waals surface area contributed by atoms with Gasteiger partial charge in [-0.15, -0.1) is 0 Å². The quantitative estimate of drug-likeness (QED) is 0.722. The molecule has 82 valence electrons. The van der Waals surface area contributed by atoms with Crippen molar-refractivity contribution in [1.29, 1.82) is 0 Å². The third-order valence-electron chi connectivity index (χ3n) is 3.34. The molecule has 0 bridgehead atoms. The van der Waals surface area contributed by atoms with Gasteiger partial charge in [-0.2, -0.15) is 0 Å². The Hall–Kier alpha value is -1.57. The normalized spacial score (nSPS) is 15.2. The maximum absolute atomic E-state index is 4.79. The van der Waals surface area contributed by atoms with E-state index in [1.165, 1.54) is 29.6 Å². The molecule has 1 aromatic heterocycles. The van der Waals surface area contributed by atoms with E-state index in [0.29, 0.717) is 0 Å². The summed E-state index contributed by atoms with van der Waals surface area (Å²) in [5, 5.41) is 1.26. The van der Waals surface area contributed by atoms with Gasteiger partial charge in [-0.1, -0.05) is 18.2 Å². The number of aryl methyl sites for hydroxylation is 1. The minimum absolute atomic E-state index is 1.05. The number of rotatable bonds is 1. The zero-order valence-electron chi connectivity index (χ0n) is 9.61. The van der Waals surface area contributed by atoms with E-state index in [2.05, 4.69) is 42.2 Å². The lowest BCUT2D eigenvalue weighted by molar-refractivity contribution is 0.697. The summed E-state index contributed by atoms with van der Waals surface area (Å²) >= 11 is 0. The molecule has 16 heavy (non-hydrogen) atoms. The number of benzene rings is 1. The number of hydrogen-bond donors (Lipinski definition) is 0. The fraction of sp³-hybridized carbons (Fsp3) is 0.357. The van der Waals surface area contributed by atoms with E-state index in [0.717, 1.165) is 18.6 Å². The lowest BCUT2D eigenvalue weighted by Gasteiger charge is -2.29. The van der Waals surface area contributed by atoms with Gasteiger partial charge in [-0.25, -0.2) is 4.98 Å². The summed E-state index contributed by atoms with van der Waals surface area (Å²) in [6.07, 6.45) is 2.42. The molecule has 0 aliphatic carbocycles. The van der Waals surface area contributed by atoms with Crippen LogP contribution in [0.4, 0.5) is 5.82 Å². The summed E-state index contributed by atoms with van der Waals surface area (Å²) in [5.74, 6) is 1.20. The fourth-order valence-electron chi connectivity index (χ4n) is 2.48. The first kappa shape index (κ1) is 9.64. The topological polar surface area (TPSA) is 16.1 Å². The second kappa shape index (κ2) is 3.78. The third-order valence-corrected chi connectivity index (χ3v) is 3.34.